The Hall–Kier alpha value is -4.23. The van der Waals surface area contributed by atoms with Crippen molar-refractivity contribution in [2.75, 3.05) is 24.5 Å². The van der Waals surface area contributed by atoms with Gasteiger partial charge in [-0.1, -0.05) is 80.6 Å². The van der Waals surface area contributed by atoms with E-state index >= 15 is 0 Å². The summed E-state index contributed by atoms with van der Waals surface area (Å²) in [6, 6.07) is 29.0. The largest absolute Gasteiger partial charge is 0.351 e. The highest BCUT2D eigenvalue weighted by molar-refractivity contribution is 5.94. The maximum absolute atomic E-state index is 14.4. The van der Waals surface area contributed by atoms with E-state index in [1.54, 1.807) is 16.7 Å². The Morgan fingerprint density at radius 3 is 2.15 bits per heavy atom. The van der Waals surface area contributed by atoms with Crippen molar-refractivity contribution in [2.24, 2.45) is 11.7 Å². The van der Waals surface area contributed by atoms with Gasteiger partial charge < -0.3 is 16.0 Å². The maximum Gasteiger partial charge on any atom is 0.278 e. The number of carbonyl (C=O) groups is 1. The molecule has 4 aromatic rings. The van der Waals surface area contributed by atoms with Crippen LogP contribution in [-0.2, 0) is 6.54 Å². The molecule has 1 aromatic heterocycles. The number of rotatable bonds is 12. The number of aryl methyl sites for hydroxylation is 1. The highest BCUT2D eigenvalue weighted by atomic mass is 16.1. The van der Waals surface area contributed by atoms with E-state index in [9.17, 15) is 9.59 Å². The van der Waals surface area contributed by atoms with Crippen molar-refractivity contribution in [1.29, 1.82) is 0 Å². The fraction of sp³-hybridized carbons (Fsp3) is 0.303. The first-order valence-electron chi connectivity index (χ1n) is 13.9. The van der Waals surface area contributed by atoms with E-state index in [0.29, 0.717) is 48.9 Å². The van der Waals surface area contributed by atoms with Gasteiger partial charge >= 0.3 is 0 Å². The average molecular weight is 538 g/mol. The Morgan fingerprint density at radius 1 is 0.950 bits per heavy atom. The van der Waals surface area contributed by atoms with E-state index in [0.717, 1.165) is 17.7 Å². The van der Waals surface area contributed by atoms with Crippen molar-refractivity contribution in [2.45, 2.75) is 39.7 Å². The third-order valence-corrected chi connectivity index (χ3v) is 7.11. The molecule has 7 nitrogen and oxygen atoms in total. The number of hydrogen-bond acceptors (Lipinski definition) is 5. The molecule has 0 bridgehead atoms. The van der Waals surface area contributed by atoms with Crippen LogP contribution in [0.5, 0.6) is 0 Å². The number of hydrogen-bond donors (Lipinski definition) is 2. The molecule has 0 unspecified atom stereocenters. The number of amides is 1. The number of aromatic nitrogens is 2. The number of nitrogens with two attached hydrogens (primary N) is 1. The zero-order valence-electron chi connectivity index (χ0n) is 23.6. The monoisotopic (exact) mass is 537 g/mol. The van der Waals surface area contributed by atoms with Crippen LogP contribution in [0.3, 0.4) is 0 Å². The second kappa shape index (κ2) is 13.7. The number of carbonyl (C=O) groups excluding carboxylic acids is 1. The molecular formula is C33H39N5O2. The van der Waals surface area contributed by atoms with E-state index in [-0.39, 0.29) is 23.3 Å². The van der Waals surface area contributed by atoms with Crippen LogP contribution >= 0.6 is 0 Å². The number of para-hydroxylation sites is 1. The Bertz CT molecular complexity index is 1440. The molecule has 7 heteroatoms. The summed E-state index contributed by atoms with van der Waals surface area (Å²) >= 11 is 0. The minimum Gasteiger partial charge on any atom is -0.351 e. The van der Waals surface area contributed by atoms with E-state index in [4.69, 9.17) is 10.7 Å². The Kier molecular flexibility index (Phi) is 9.86. The van der Waals surface area contributed by atoms with E-state index < -0.39 is 0 Å². The van der Waals surface area contributed by atoms with Crippen molar-refractivity contribution >= 4 is 17.3 Å². The SMILES string of the molecule is Cc1nc([C@@H](CNC(=O)c2ccccc2)C(C)C)n(Cc2ccccc2)c(=O)c1N(CCCN)c1ccccc1. The first-order valence-corrected chi connectivity index (χ1v) is 13.9. The number of anilines is 2. The zero-order chi connectivity index (χ0) is 28.5. The second-order valence-corrected chi connectivity index (χ2v) is 10.3. The lowest BCUT2D eigenvalue weighted by Crippen LogP contribution is -2.38. The summed E-state index contributed by atoms with van der Waals surface area (Å²) in [5.74, 6) is 0.475. The van der Waals surface area contributed by atoms with Gasteiger partial charge in [0.2, 0.25) is 0 Å². The van der Waals surface area contributed by atoms with Crippen LogP contribution in [-0.4, -0.2) is 35.1 Å². The molecule has 3 aromatic carbocycles. The van der Waals surface area contributed by atoms with Gasteiger partial charge in [0.05, 0.1) is 12.2 Å². The molecule has 4 rings (SSSR count). The van der Waals surface area contributed by atoms with Gasteiger partial charge in [-0.25, -0.2) is 4.98 Å². The molecule has 40 heavy (non-hydrogen) atoms. The molecule has 0 saturated heterocycles. The Labute approximate surface area is 236 Å². The van der Waals surface area contributed by atoms with Crippen LogP contribution in [0, 0.1) is 12.8 Å². The molecule has 208 valence electrons. The van der Waals surface area contributed by atoms with Crippen molar-refractivity contribution < 1.29 is 4.79 Å². The van der Waals surface area contributed by atoms with Crippen LogP contribution in [0.2, 0.25) is 0 Å². The number of benzene rings is 3. The van der Waals surface area contributed by atoms with Gasteiger partial charge in [-0.05, 0) is 55.6 Å². The standard InChI is InChI=1S/C33H39N5O2/c1-24(2)29(22-35-32(39)27-16-9-5-10-17-27)31-36-25(3)30(33(40)38(31)23-26-14-7-4-8-15-26)37(21-13-20-34)28-18-11-6-12-19-28/h4-12,14-19,24,29H,13,20-23,34H2,1-3H3,(H,35,39)/t29-/m0/s1. The second-order valence-electron chi connectivity index (χ2n) is 10.3. The first kappa shape index (κ1) is 28.8. The molecule has 0 spiro atoms. The molecule has 1 heterocycles. The predicted molar refractivity (Wildman–Crippen MR) is 162 cm³/mol. The summed E-state index contributed by atoms with van der Waals surface area (Å²) < 4.78 is 1.79. The van der Waals surface area contributed by atoms with Gasteiger partial charge in [-0.15, -0.1) is 0 Å². The molecule has 0 radical (unpaired) electrons. The summed E-state index contributed by atoms with van der Waals surface area (Å²) in [4.78, 5) is 34.5. The van der Waals surface area contributed by atoms with Crippen molar-refractivity contribution in [3.8, 4) is 0 Å². The van der Waals surface area contributed by atoms with Crippen LogP contribution in [0.25, 0.3) is 0 Å². The lowest BCUT2D eigenvalue weighted by Gasteiger charge is -2.29. The molecule has 0 aliphatic heterocycles. The van der Waals surface area contributed by atoms with E-state index in [1.165, 1.54) is 0 Å². The molecule has 0 aliphatic rings. The van der Waals surface area contributed by atoms with Crippen LogP contribution in [0.4, 0.5) is 11.4 Å². The topological polar surface area (TPSA) is 93.2 Å². The normalized spacial score (nSPS) is 11.8. The van der Waals surface area contributed by atoms with E-state index in [1.807, 2.05) is 90.7 Å². The van der Waals surface area contributed by atoms with Gasteiger partial charge in [-0.2, -0.15) is 0 Å². The highest BCUT2D eigenvalue weighted by Gasteiger charge is 2.27. The minimum absolute atomic E-state index is 0.104. The smallest absolute Gasteiger partial charge is 0.278 e. The minimum atomic E-state index is -0.175. The summed E-state index contributed by atoms with van der Waals surface area (Å²) in [7, 11) is 0. The molecule has 3 N–H and O–H groups in total. The van der Waals surface area contributed by atoms with E-state index in [2.05, 4.69) is 19.2 Å². The quantitative estimate of drug-likeness (QED) is 0.257. The third kappa shape index (κ3) is 6.85. The Balaban J connectivity index is 1.81. The van der Waals surface area contributed by atoms with Gasteiger partial charge in [0, 0.05) is 30.3 Å². The van der Waals surface area contributed by atoms with Gasteiger partial charge in [0.15, 0.2) is 0 Å². The lowest BCUT2D eigenvalue weighted by molar-refractivity contribution is 0.0948. The van der Waals surface area contributed by atoms with Crippen LogP contribution < -0.4 is 21.5 Å². The fourth-order valence-electron chi connectivity index (χ4n) is 4.93. The average Bonchev–Trinajstić information content (AvgIpc) is 2.97. The molecular weight excluding hydrogens is 498 g/mol. The zero-order valence-corrected chi connectivity index (χ0v) is 23.6. The van der Waals surface area contributed by atoms with Crippen molar-refractivity contribution in [3.05, 3.63) is 124 Å². The van der Waals surface area contributed by atoms with Crippen LogP contribution in [0.1, 0.15) is 53.6 Å². The fourth-order valence-corrected chi connectivity index (χ4v) is 4.93. The summed E-state index contributed by atoms with van der Waals surface area (Å²) in [6.45, 7) is 7.95. The van der Waals surface area contributed by atoms with Crippen LogP contribution in [0.15, 0.2) is 95.8 Å². The highest BCUT2D eigenvalue weighted by Crippen LogP contribution is 2.29. The first-order chi connectivity index (χ1) is 19.4. The third-order valence-electron chi connectivity index (χ3n) is 7.11. The van der Waals surface area contributed by atoms with Gasteiger partial charge in [-0.3, -0.25) is 14.2 Å². The molecule has 0 saturated carbocycles. The molecule has 0 aliphatic carbocycles. The van der Waals surface area contributed by atoms with Crippen molar-refractivity contribution in [3.63, 3.8) is 0 Å². The summed E-state index contributed by atoms with van der Waals surface area (Å²) in [5.41, 5.74) is 9.51. The number of nitrogens with zero attached hydrogens (tertiary/aromatic N) is 3. The van der Waals surface area contributed by atoms with Gasteiger partial charge in [0.1, 0.15) is 11.5 Å². The summed E-state index contributed by atoms with van der Waals surface area (Å²) in [5, 5.41) is 3.08. The number of nitrogens with one attached hydrogen (secondary N) is 1. The molecule has 1 atom stereocenters. The predicted octanol–water partition coefficient (Wildman–Crippen LogP) is 5.26. The Morgan fingerprint density at radius 2 is 1.55 bits per heavy atom. The lowest BCUT2D eigenvalue weighted by atomic mass is 9.94. The maximum atomic E-state index is 14.4. The molecule has 0 fully saturated rings. The van der Waals surface area contributed by atoms with Crippen molar-refractivity contribution in [1.82, 2.24) is 14.9 Å². The molecule has 1 amide bonds. The van der Waals surface area contributed by atoms with Gasteiger partial charge in [0.25, 0.3) is 11.5 Å². The summed E-state index contributed by atoms with van der Waals surface area (Å²) in [6.07, 6.45) is 0.731.